The van der Waals surface area contributed by atoms with Crippen LogP contribution in [0.2, 0.25) is 0 Å². The van der Waals surface area contributed by atoms with E-state index in [-0.39, 0.29) is 5.66 Å². The smallest absolute Gasteiger partial charge is 0.151 e. The number of allylic oxidation sites excluding steroid dienone is 2. The van der Waals surface area contributed by atoms with Gasteiger partial charge in [0.05, 0.1) is 0 Å². The molecular formula is C36H23OP. The minimum absolute atomic E-state index is 0.0134. The van der Waals surface area contributed by atoms with E-state index in [0.717, 1.165) is 27.8 Å². The molecule has 1 nitrogen and oxygen atoms in total. The molecule has 0 heterocycles. The fraction of sp³-hybridized carbons (Fsp3) is 0.0556. The van der Waals surface area contributed by atoms with E-state index >= 15 is 4.57 Å². The van der Waals surface area contributed by atoms with Crippen LogP contribution in [0.5, 0.6) is 0 Å². The van der Waals surface area contributed by atoms with Crippen molar-refractivity contribution in [3.8, 4) is 0 Å². The van der Waals surface area contributed by atoms with Crippen molar-refractivity contribution in [1.82, 2.24) is 0 Å². The Kier molecular flexibility index (Phi) is 3.96. The van der Waals surface area contributed by atoms with E-state index in [1.165, 1.54) is 53.9 Å². The molecule has 38 heavy (non-hydrogen) atoms. The van der Waals surface area contributed by atoms with Crippen molar-refractivity contribution in [3.05, 3.63) is 121 Å². The molecule has 0 spiro atoms. The molecule has 1 aliphatic rings. The van der Waals surface area contributed by atoms with E-state index in [1.54, 1.807) is 0 Å². The van der Waals surface area contributed by atoms with Gasteiger partial charge in [0.15, 0.2) is 7.14 Å². The second kappa shape index (κ2) is 7.22. The summed E-state index contributed by atoms with van der Waals surface area (Å²) in [5.74, 6) is 0. The Hall–Kier alpha value is -4.19. The number of hydrogen-bond acceptors (Lipinski definition) is 1. The molecule has 1 unspecified atom stereocenters. The normalized spacial score (nSPS) is 16.1. The van der Waals surface area contributed by atoms with Crippen molar-refractivity contribution in [2.45, 2.75) is 12.1 Å². The molecular weight excluding hydrogens is 479 g/mol. The van der Waals surface area contributed by atoms with E-state index in [2.05, 4.69) is 121 Å². The van der Waals surface area contributed by atoms with Crippen LogP contribution in [-0.4, -0.2) is 5.66 Å². The monoisotopic (exact) mass is 502 g/mol. The Morgan fingerprint density at radius 1 is 0.474 bits per heavy atom. The van der Waals surface area contributed by atoms with E-state index in [1.807, 2.05) is 0 Å². The molecule has 0 saturated heterocycles. The fourth-order valence-corrected chi connectivity index (χ4v) is 10.5. The van der Waals surface area contributed by atoms with Crippen LogP contribution in [-0.2, 0) is 4.57 Å². The maximum atomic E-state index is 15.8. The van der Waals surface area contributed by atoms with Gasteiger partial charge in [-0.1, -0.05) is 109 Å². The lowest BCUT2D eigenvalue weighted by Gasteiger charge is -2.32. The molecule has 0 saturated carbocycles. The third-order valence-electron chi connectivity index (χ3n) is 8.93. The Labute approximate surface area is 220 Å². The van der Waals surface area contributed by atoms with Crippen LogP contribution < -0.4 is 10.6 Å². The van der Waals surface area contributed by atoms with Crippen LogP contribution >= 0.6 is 7.14 Å². The van der Waals surface area contributed by atoms with Gasteiger partial charge in [-0.05, 0) is 83.2 Å². The highest BCUT2D eigenvalue weighted by molar-refractivity contribution is 7.80. The van der Waals surface area contributed by atoms with Crippen LogP contribution in [0.1, 0.15) is 6.42 Å². The summed E-state index contributed by atoms with van der Waals surface area (Å²) in [6.45, 7) is 0. The Bertz CT molecular complexity index is 2120. The molecule has 0 radical (unpaired) electrons. The molecule has 1 atom stereocenters. The first-order chi connectivity index (χ1) is 18.7. The van der Waals surface area contributed by atoms with Crippen molar-refractivity contribution in [1.29, 1.82) is 0 Å². The van der Waals surface area contributed by atoms with Gasteiger partial charge in [-0.25, -0.2) is 0 Å². The SMILES string of the molecule is O=P(c1ccc2ccc3cccc4ccc1c2c34)(c1ccc2ccc3cccc4ccc1c2c34)C1C=CC1. The Morgan fingerprint density at radius 3 is 1.24 bits per heavy atom. The van der Waals surface area contributed by atoms with Gasteiger partial charge in [-0.3, -0.25) is 0 Å². The van der Waals surface area contributed by atoms with Crippen LogP contribution in [0.15, 0.2) is 121 Å². The number of hydrogen-bond donors (Lipinski definition) is 0. The summed E-state index contributed by atoms with van der Waals surface area (Å²) in [6.07, 6.45) is 5.20. The zero-order valence-corrected chi connectivity index (χ0v) is 21.6. The first-order valence-corrected chi connectivity index (χ1v) is 15.1. The topological polar surface area (TPSA) is 17.1 Å². The Morgan fingerprint density at radius 2 is 0.842 bits per heavy atom. The van der Waals surface area contributed by atoms with E-state index in [9.17, 15) is 0 Å². The van der Waals surface area contributed by atoms with E-state index in [0.29, 0.717) is 0 Å². The Balaban J connectivity index is 1.44. The molecule has 0 aromatic heterocycles. The zero-order chi connectivity index (χ0) is 25.0. The van der Waals surface area contributed by atoms with Crippen LogP contribution in [0.25, 0.3) is 64.6 Å². The van der Waals surface area contributed by atoms with Crippen molar-refractivity contribution >= 4 is 82.4 Å². The summed E-state index contributed by atoms with van der Waals surface area (Å²) in [6, 6.07) is 39.3. The molecule has 0 N–H and O–H groups in total. The summed E-state index contributed by atoms with van der Waals surface area (Å²) in [4.78, 5) is 0. The largest absolute Gasteiger partial charge is 0.313 e. The molecule has 178 valence electrons. The summed E-state index contributed by atoms with van der Waals surface area (Å²) in [5, 5.41) is 16.6. The minimum atomic E-state index is -3.03. The fourth-order valence-electron chi connectivity index (χ4n) is 7.03. The third kappa shape index (κ3) is 2.50. The highest BCUT2D eigenvalue weighted by Crippen LogP contribution is 2.57. The summed E-state index contributed by atoms with van der Waals surface area (Å²) < 4.78 is 15.8. The van der Waals surface area contributed by atoms with Crippen LogP contribution in [0, 0.1) is 0 Å². The average Bonchev–Trinajstić information content (AvgIpc) is 2.93. The second-order valence-electron chi connectivity index (χ2n) is 10.8. The predicted molar refractivity (Wildman–Crippen MR) is 165 cm³/mol. The average molecular weight is 503 g/mol. The lowest BCUT2D eigenvalue weighted by atomic mass is 9.94. The lowest BCUT2D eigenvalue weighted by molar-refractivity contribution is 0.580. The maximum Gasteiger partial charge on any atom is 0.151 e. The second-order valence-corrected chi connectivity index (χ2v) is 13.7. The predicted octanol–water partition coefficient (Wildman–Crippen LogP) is 9.12. The van der Waals surface area contributed by atoms with Gasteiger partial charge in [0.25, 0.3) is 0 Å². The number of benzene rings is 8. The summed E-state index contributed by atoms with van der Waals surface area (Å²) >= 11 is 0. The highest BCUT2D eigenvalue weighted by atomic mass is 31.2. The molecule has 9 rings (SSSR count). The molecule has 2 heteroatoms. The number of rotatable bonds is 3. The molecule has 8 aromatic rings. The maximum absolute atomic E-state index is 15.8. The minimum Gasteiger partial charge on any atom is -0.313 e. The van der Waals surface area contributed by atoms with Crippen molar-refractivity contribution < 1.29 is 4.57 Å². The molecule has 0 aliphatic heterocycles. The van der Waals surface area contributed by atoms with Crippen LogP contribution in [0.3, 0.4) is 0 Å². The summed E-state index contributed by atoms with van der Waals surface area (Å²) in [7, 11) is -3.03. The van der Waals surface area contributed by atoms with Crippen LogP contribution in [0.4, 0.5) is 0 Å². The van der Waals surface area contributed by atoms with Gasteiger partial charge in [-0.15, -0.1) is 0 Å². The summed E-state index contributed by atoms with van der Waals surface area (Å²) in [5.41, 5.74) is 0.0134. The standard InChI is InChI=1S/C36H23OP/c37-38(28-8-3-9-28,31-20-16-26-12-10-22-4-1-6-24-14-18-29(31)35(26)33(22)24)32-21-17-27-13-11-23-5-2-7-25-15-19-30(32)36(27)34(23)25/h1-8,10-21,28H,9H2. The van der Waals surface area contributed by atoms with Gasteiger partial charge < -0.3 is 4.57 Å². The third-order valence-corrected chi connectivity index (χ3v) is 12.5. The zero-order valence-electron chi connectivity index (χ0n) is 20.7. The lowest BCUT2D eigenvalue weighted by Crippen LogP contribution is -2.28. The quantitative estimate of drug-likeness (QED) is 0.134. The van der Waals surface area contributed by atoms with E-state index in [4.69, 9.17) is 0 Å². The van der Waals surface area contributed by atoms with Crippen molar-refractivity contribution in [2.24, 2.45) is 0 Å². The highest BCUT2D eigenvalue weighted by Gasteiger charge is 2.40. The first-order valence-electron chi connectivity index (χ1n) is 13.3. The van der Waals surface area contributed by atoms with Crippen molar-refractivity contribution in [2.75, 3.05) is 0 Å². The van der Waals surface area contributed by atoms with Crippen molar-refractivity contribution in [3.63, 3.8) is 0 Å². The van der Waals surface area contributed by atoms with Gasteiger partial charge in [-0.2, -0.15) is 0 Å². The molecule has 0 fully saturated rings. The van der Waals surface area contributed by atoms with Gasteiger partial charge in [0, 0.05) is 16.3 Å². The van der Waals surface area contributed by atoms with Gasteiger partial charge >= 0.3 is 0 Å². The first kappa shape index (κ1) is 20.8. The van der Waals surface area contributed by atoms with E-state index < -0.39 is 7.14 Å². The van der Waals surface area contributed by atoms with Gasteiger partial charge in [0.1, 0.15) is 0 Å². The van der Waals surface area contributed by atoms with Gasteiger partial charge in [0.2, 0.25) is 0 Å². The molecule has 8 aromatic carbocycles. The molecule has 0 amide bonds. The molecule has 1 aliphatic carbocycles. The molecule has 0 bridgehead atoms.